The molecule has 0 radical (unpaired) electrons. The van der Waals surface area contributed by atoms with E-state index in [1.165, 1.54) is 0 Å². The first-order chi connectivity index (χ1) is 19.7. The van der Waals surface area contributed by atoms with Crippen molar-refractivity contribution in [3.63, 3.8) is 0 Å². The van der Waals surface area contributed by atoms with Gasteiger partial charge in [0, 0.05) is 16.4 Å². The summed E-state index contributed by atoms with van der Waals surface area (Å²) in [6.45, 7) is 7.14. The van der Waals surface area contributed by atoms with E-state index in [0.29, 0.717) is 51.9 Å². The van der Waals surface area contributed by atoms with Crippen LogP contribution in [0.4, 0.5) is 0 Å². The standard InChI is InChI=1S/C33H47I2NO6/c1-17(4-7-29(40)36-26(31(41)42)13-18-12-25(35)27(38)16-24(18)34)21-5-6-22-30-23(9-11-33(21,22)3)32(2)10-8-20(37)14-19(32)15-28(30)39/h12,16-17,19-23,26,28,30,37-39H,4-11,13-15H2,1-3H3,(H,36,40)(H,41,42)/t17-,19+,20-,21-,22+,23+,26+,28-,30+,32+,33-/m1/s1. The lowest BCUT2D eigenvalue weighted by molar-refractivity contribution is -0.174. The van der Waals surface area contributed by atoms with Gasteiger partial charge in [0.15, 0.2) is 0 Å². The number of aliphatic hydroxyl groups is 2. The minimum Gasteiger partial charge on any atom is -0.507 e. The fourth-order valence-electron chi connectivity index (χ4n) is 10.2. The molecule has 0 bridgehead atoms. The number of carboxylic acids is 1. The third kappa shape index (κ3) is 6.10. The minimum absolute atomic E-state index is 0.145. The number of carbonyl (C=O) groups is 2. The normalized spacial score (nSPS) is 39.0. The number of aliphatic carboxylic acids is 1. The van der Waals surface area contributed by atoms with Crippen molar-refractivity contribution < 1.29 is 30.0 Å². The van der Waals surface area contributed by atoms with Crippen LogP contribution in [-0.2, 0) is 16.0 Å². The largest absolute Gasteiger partial charge is 0.507 e. The summed E-state index contributed by atoms with van der Waals surface area (Å²) in [5.41, 5.74) is 1.14. The molecule has 4 aliphatic rings. The zero-order valence-electron chi connectivity index (χ0n) is 25.0. The van der Waals surface area contributed by atoms with Gasteiger partial charge in [-0.1, -0.05) is 20.8 Å². The maximum atomic E-state index is 13.0. The van der Waals surface area contributed by atoms with Crippen molar-refractivity contribution >= 4 is 57.1 Å². The SMILES string of the molecule is C[C@H](CCC(=O)N[C@@H](Cc1cc(I)c(O)cc1I)C(=O)O)[C@H]1CC[C@H]2[C@@H]3[C@H](O)C[C@@H]4C[C@H](O)CC[C@]4(C)[C@H]3CC[C@]12C. The third-order valence-corrected chi connectivity index (χ3v) is 14.3. The number of rotatable bonds is 8. The summed E-state index contributed by atoms with van der Waals surface area (Å²) < 4.78 is 1.42. The zero-order valence-corrected chi connectivity index (χ0v) is 29.3. The first kappa shape index (κ1) is 32.7. The summed E-state index contributed by atoms with van der Waals surface area (Å²) in [4.78, 5) is 25.0. The molecule has 1 amide bonds. The van der Waals surface area contributed by atoms with E-state index in [-0.39, 0.29) is 41.1 Å². The van der Waals surface area contributed by atoms with Crippen molar-refractivity contribution in [1.29, 1.82) is 0 Å². The van der Waals surface area contributed by atoms with Crippen LogP contribution in [0.3, 0.4) is 0 Å². The molecule has 9 heteroatoms. The highest BCUT2D eigenvalue weighted by Gasteiger charge is 2.62. The lowest BCUT2D eigenvalue weighted by Crippen LogP contribution is -2.58. The van der Waals surface area contributed by atoms with E-state index in [4.69, 9.17) is 0 Å². The highest BCUT2D eigenvalue weighted by molar-refractivity contribution is 14.1. The Labute approximate surface area is 277 Å². The van der Waals surface area contributed by atoms with Gasteiger partial charge in [-0.05, 0) is 167 Å². The molecule has 234 valence electrons. The Hall–Kier alpha value is -0.660. The lowest BCUT2D eigenvalue weighted by atomic mass is 9.43. The van der Waals surface area contributed by atoms with E-state index >= 15 is 0 Å². The number of aliphatic hydroxyl groups excluding tert-OH is 2. The smallest absolute Gasteiger partial charge is 0.326 e. The summed E-state index contributed by atoms with van der Waals surface area (Å²) in [6.07, 6.45) is 8.79. The number of carboxylic acid groups (broad SMARTS) is 1. The molecule has 0 saturated heterocycles. The Morgan fingerprint density at radius 1 is 1.00 bits per heavy atom. The molecule has 11 atom stereocenters. The number of nitrogens with one attached hydrogen (secondary N) is 1. The molecule has 5 rings (SSSR count). The second kappa shape index (κ2) is 12.6. The van der Waals surface area contributed by atoms with E-state index in [2.05, 4.69) is 48.7 Å². The van der Waals surface area contributed by atoms with E-state index < -0.39 is 12.0 Å². The summed E-state index contributed by atoms with van der Waals surface area (Å²) in [5, 5.41) is 44.4. The molecule has 42 heavy (non-hydrogen) atoms. The molecule has 4 saturated carbocycles. The Bertz CT molecular complexity index is 1200. The van der Waals surface area contributed by atoms with Crippen molar-refractivity contribution in [2.45, 2.75) is 110 Å². The van der Waals surface area contributed by atoms with E-state index in [9.17, 15) is 30.0 Å². The van der Waals surface area contributed by atoms with Crippen molar-refractivity contribution in [1.82, 2.24) is 5.32 Å². The van der Waals surface area contributed by atoms with Crippen LogP contribution in [-0.4, -0.2) is 50.6 Å². The predicted octanol–water partition coefficient (Wildman–Crippen LogP) is 6.12. The van der Waals surface area contributed by atoms with E-state index in [1.807, 2.05) is 22.6 Å². The van der Waals surface area contributed by atoms with Gasteiger partial charge >= 0.3 is 5.97 Å². The molecule has 0 aliphatic heterocycles. The van der Waals surface area contributed by atoms with Crippen LogP contribution in [0.1, 0.15) is 90.5 Å². The van der Waals surface area contributed by atoms with Crippen LogP contribution in [0.25, 0.3) is 0 Å². The van der Waals surface area contributed by atoms with Crippen LogP contribution in [0.2, 0.25) is 0 Å². The molecule has 0 unspecified atom stereocenters. The quantitative estimate of drug-likeness (QED) is 0.202. The topological polar surface area (TPSA) is 127 Å². The number of amides is 1. The average Bonchev–Trinajstić information content (AvgIpc) is 3.28. The maximum absolute atomic E-state index is 13.0. The molecule has 5 N–H and O–H groups in total. The molecule has 7 nitrogen and oxygen atoms in total. The molecule has 4 fully saturated rings. The van der Waals surface area contributed by atoms with Crippen LogP contribution in [0, 0.1) is 53.5 Å². The van der Waals surface area contributed by atoms with Gasteiger partial charge in [0.1, 0.15) is 11.8 Å². The third-order valence-electron chi connectivity index (χ3n) is 12.4. The number of fused-ring (bicyclic) bond motifs is 5. The monoisotopic (exact) mass is 807 g/mol. The summed E-state index contributed by atoms with van der Waals surface area (Å²) in [5.74, 6) is 1.42. The number of hydrogen-bond donors (Lipinski definition) is 5. The van der Waals surface area contributed by atoms with Crippen molar-refractivity contribution in [2.75, 3.05) is 0 Å². The van der Waals surface area contributed by atoms with Gasteiger partial charge in [-0.2, -0.15) is 0 Å². The van der Waals surface area contributed by atoms with Crippen LogP contribution in [0.5, 0.6) is 5.75 Å². The van der Waals surface area contributed by atoms with Crippen LogP contribution >= 0.6 is 45.2 Å². The molecule has 0 aromatic heterocycles. The summed E-state index contributed by atoms with van der Waals surface area (Å²) >= 11 is 4.10. The second-order valence-electron chi connectivity index (χ2n) is 14.5. The minimum atomic E-state index is -1.06. The van der Waals surface area contributed by atoms with Gasteiger partial charge in [-0.3, -0.25) is 4.79 Å². The number of aromatic hydroxyl groups is 1. The van der Waals surface area contributed by atoms with E-state index in [0.717, 1.165) is 60.5 Å². The average molecular weight is 808 g/mol. The van der Waals surface area contributed by atoms with Crippen LogP contribution < -0.4 is 5.32 Å². The molecule has 0 heterocycles. The Morgan fingerprint density at radius 3 is 2.40 bits per heavy atom. The number of halogens is 2. The molecule has 4 aliphatic carbocycles. The van der Waals surface area contributed by atoms with Crippen molar-refractivity contribution in [3.8, 4) is 5.75 Å². The fraction of sp³-hybridized carbons (Fsp3) is 0.758. The Balaban J connectivity index is 1.20. The molecule has 1 aromatic carbocycles. The highest BCUT2D eigenvalue weighted by atomic mass is 127. The van der Waals surface area contributed by atoms with Crippen LogP contribution in [0.15, 0.2) is 12.1 Å². The van der Waals surface area contributed by atoms with Gasteiger partial charge in [0.2, 0.25) is 5.91 Å². The molecular formula is C33H47I2NO6. The highest BCUT2D eigenvalue weighted by Crippen LogP contribution is 2.68. The molecular weight excluding hydrogens is 760 g/mol. The fourth-order valence-corrected chi connectivity index (χ4v) is 11.4. The molecule has 1 aromatic rings. The zero-order chi connectivity index (χ0) is 30.6. The van der Waals surface area contributed by atoms with Crippen molar-refractivity contribution in [3.05, 3.63) is 24.8 Å². The number of phenolic OH excluding ortho intramolecular Hbond substituents is 1. The number of benzene rings is 1. The lowest BCUT2D eigenvalue weighted by Gasteiger charge is -2.62. The predicted molar refractivity (Wildman–Crippen MR) is 178 cm³/mol. The van der Waals surface area contributed by atoms with E-state index in [1.54, 1.807) is 12.1 Å². The first-order valence-electron chi connectivity index (χ1n) is 15.8. The van der Waals surface area contributed by atoms with Gasteiger partial charge in [0.05, 0.1) is 15.8 Å². The first-order valence-corrected chi connectivity index (χ1v) is 18.0. The Morgan fingerprint density at radius 2 is 1.69 bits per heavy atom. The van der Waals surface area contributed by atoms with Crippen molar-refractivity contribution in [2.24, 2.45) is 46.3 Å². The number of carbonyl (C=O) groups excluding carboxylic acids is 1. The number of phenols is 1. The summed E-state index contributed by atoms with van der Waals surface area (Å²) in [7, 11) is 0. The Kier molecular flexibility index (Phi) is 9.83. The van der Waals surface area contributed by atoms with Gasteiger partial charge in [-0.15, -0.1) is 0 Å². The number of hydrogen-bond acceptors (Lipinski definition) is 5. The van der Waals surface area contributed by atoms with Gasteiger partial charge < -0.3 is 25.7 Å². The van der Waals surface area contributed by atoms with Gasteiger partial charge in [0.25, 0.3) is 0 Å². The molecule has 0 spiro atoms. The maximum Gasteiger partial charge on any atom is 0.326 e. The van der Waals surface area contributed by atoms with Gasteiger partial charge in [-0.25, -0.2) is 4.79 Å². The second-order valence-corrected chi connectivity index (χ2v) is 16.9. The summed E-state index contributed by atoms with van der Waals surface area (Å²) in [6, 6.07) is 2.37.